The fraction of sp³-hybridized carbons (Fsp3) is 0.152. The van der Waals surface area contributed by atoms with Gasteiger partial charge >= 0.3 is 0 Å². The normalized spacial score (nSPS) is 23.2. The van der Waals surface area contributed by atoms with E-state index in [-0.39, 0.29) is 23.9 Å². The number of carbonyl (C=O) groups excluding carboxylic acids is 3. The van der Waals surface area contributed by atoms with Gasteiger partial charge in [-0.05, 0) is 52.1 Å². The number of nitro groups is 1. The van der Waals surface area contributed by atoms with Gasteiger partial charge in [-0.25, -0.2) is 14.7 Å². The maximum atomic E-state index is 14.3. The summed E-state index contributed by atoms with van der Waals surface area (Å²) in [5.74, 6) is -3.67. The highest BCUT2D eigenvalue weighted by molar-refractivity contribution is 6.25. The second-order valence-electron chi connectivity index (χ2n) is 10.9. The lowest BCUT2D eigenvalue weighted by molar-refractivity contribution is -0.384. The minimum Gasteiger partial charge on any atom is -0.274 e. The molecule has 0 aromatic heterocycles. The average molecular weight is 575 g/mol. The van der Waals surface area contributed by atoms with Crippen LogP contribution in [0.4, 0.5) is 15.8 Å². The number of nitro benzene ring substituents is 1. The van der Waals surface area contributed by atoms with E-state index in [0.29, 0.717) is 11.3 Å². The van der Waals surface area contributed by atoms with Crippen LogP contribution < -0.4 is 10.3 Å². The number of benzene rings is 4. The van der Waals surface area contributed by atoms with Crippen LogP contribution in [-0.2, 0) is 26.2 Å². The van der Waals surface area contributed by atoms with Gasteiger partial charge in [-0.3, -0.25) is 24.5 Å². The van der Waals surface area contributed by atoms with Gasteiger partial charge in [-0.15, -0.1) is 0 Å². The maximum absolute atomic E-state index is 14.3. The van der Waals surface area contributed by atoms with Crippen molar-refractivity contribution in [3.05, 3.63) is 141 Å². The van der Waals surface area contributed by atoms with E-state index in [1.807, 2.05) is 48.5 Å². The second kappa shape index (κ2) is 9.80. The number of amides is 3. The molecular weight excluding hydrogens is 551 g/mol. The van der Waals surface area contributed by atoms with E-state index in [2.05, 4.69) is 10.5 Å². The Morgan fingerprint density at radius 3 is 2.12 bits per heavy atom. The first-order valence-electron chi connectivity index (χ1n) is 13.7. The topological polar surface area (TPSA) is 122 Å². The van der Waals surface area contributed by atoms with Crippen molar-refractivity contribution in [3.8, 4) is 0 Å². The Balaban J connectivity index is 1.30. The Labute approximate surface area is 244 Å². The first kappa shape index (κ1) is 26.4. The third-order valence-electron chi connectivity index (χ3n) is 8.74. The van der Waals surface area contributed by atoms with Crippen LogP contribution in [0.15, 0.2) is 102 Å². The molecule has 2 bridgehead atoms. The summed E-state index contributed by atoms with van der Waals surface area (Å²) in [6.07, 6.45) is 1.49. The van der Waals surface area contributed by atoms with Crippen LogP contribution in [0.3, 0.4) is 0 Å². The fourth-order valence-electron chi connectivity index (χ4n) is 7.06. The van der Waals surface area contributed by atoms with Gasteiger partial charge in [0.1, 0.15) is 5.82 Å². The lowest BCUT2D eigenvalue weighted by Crippen LogP contribution is -2.54. The van der Waals surface area contributed by atoms with Crippen LogP contribution in [0.2, 0.25) is 0 Å². The number of carbonyl (C=O) groups is 3. The Morgan fingerprint density at radius 2 is 1.51 bits per heavy atom. The number of hydrogen-bond donors (Lipinski definition) is 1. The van der Waals surface area contributed by atoms with Gasteiger partial charge in [0.05, 0.1) is 34.3 Å². The molecule has 0 spiro atoms. The van der Waals surface area contributed by atoms with Crippen molar-refractivity contribution in [3.63, 3.8) is 0 Å². The summed E-state index contributed by atoms with van der Waals surface area (Å²) >= 11 is 0. The van der Waals surface area contributed by atoms with Crippen LogP contribution in [0.5, 0.6) is 0 Å². The van der Waals surface area contributed by atoms with Crippen LogP contribution in [0.25, 0.3) is 0 Å². The van der Waals surface area contributed by atoms with Crippen molar-refractivity contribution in [1.82, 2.24) is 5.43 Å². The molecule has 4 aliphatic rings. The molecule has 4 aromatic carbocycles. The molecule has 3 amide bonds. The van der Waals surface area contributed by atoms with E-state index in [1.165, 1.54) is 48.5 Å². The first-order chi connectivity index (χ1) is 20.8. The van der Waals surface area contributed by atoms with E-state index in [4.69, 9.17) is 0 Å². The minimum absolute atomic E-state index is 0.0700. The highest BCUT2D eigenvalue weighted by Gasteiger charge is 2.68. The highest BCUT2D eigenvalue weighted by atomic mass is 19.1. The molecule has 2 atom stereocenters. The zero-order chi connectivity index (χ0) is 29.9. The van der Waals surface area contributed by atoms with E-state index < -0.39 is 39.8 Å². The second-order valence-corrected chi connectivity index (χ2v) is 10.9. The Kier molecular flexibility index (Phi) is 6.01. The molecule has 3 aliphatic carbocycles. The van der Waals surface area contributed by atoms with E-state index in [9.17, 15) is 28.9 Å². The van der Waals surface area contributed by atoms with Crippen LogP contribution in [0, 0.1) is 27.8 Å². The molecule has 1 N–H and O–H groups in total. The van der Waals surface area contributed by atoms with Crippen LogP contribution in [0.1, 0.15) is 33.7 Å². The van der Waals surface area contributed by atoms with Crippen LogP contribution >= 0.6 is 0 Å². The molecule has 1 aliphatic heterocycles. The van der Waals surface area contributed by atoms with Crippen molar-refractivity contribution in [1.29, 1.82) is 0 Å². The van der Waals surface area contributed by atoms with Gasteiger partial charge < -0.3 is 0 Å². The largest absolute Gasteiger partial charge is 0.274 e. The number of anilines is 1. The SMILES string of the molecule is O=C(Cc1ccc([N+](=O)[O-])cc1)N/N=C\C12c3ccccc3C(c3ccccc31)[C@@H]1C(=O)N(c3ccc(F)cc3)C(=O)[C@H]12. The molecule has 10 heteroatoms. The summed E-state index contributed by atoms with van der Waals surface area (Å²) in [5, 5.41) is 15.3. The van der Waals surface area contributed by atoms with Gasteiger partial charge in [0, 0.05) is 24.3 Å². The van der Waals surface area contributed by atoms with Crippen molar-refractivity contribution in [2.45, 2.75) is 17.8 Å². The van der Waals surface area contributed by atoms with Gasteiger partial charge in [-0.2, -0.15) is 5.10 Å². The summed E-state index contributed by atoms with van der Waals surface area (Å²) in [7, 11) is 0. The number of halogens is 1. The number of hydrogen-bond acceptors (Lipinski definition) is 6. The average Bonchev–Trinajstić information content (AvgIpc) is 3.28. The number of nitrogens with zero attached hydrogens (tertiary/aromatic N) is 3. The molecule has 9 nitrogen and oxygen atoms in total. The smallest absolute Gasteiger partial charge is 0.269 e. The molecule has 0 saturated carbocycles. The molecule has 0 radical (unpaired) electrons. The Hall–Kier alpha value is -5.51. The van der Waals surface area contributed by atoms with Gasteiger partial charge in [0.25, 0.3) is 5.69 Å². The monoisotopic (exact) mass is 574 g/mol. The van der Waals surface area contributed by atoms with Crippen molar-refractivity contribution >= 4 is 35.3 Å². The van der Waals surface area contributed by atoms with Crippen molar-refractivity contribution < 1.29 is 23.7 Å². The maximum Gasteiger partial charge on any atom is 0.269 e. The number of nitrogens with one attached hydrogen (secondary N) is 1. The summed E-state index contributed by atoms with van der Waals surface area (Å²) in [5.41, 5.74) is 5.64. The molecule has 1 saturated heterocycles. The lowest BCUT2D eigenvalue weighted by Gasteiger charge is -2.52. The van der Waals surface area contributed by atoms with Crippen molar-refractivity contribution in [2.24, 2.45) is 16.9 Å². The van der Waals surface area contributed by atoms with Crippen LogP contribution in [-0.4, -0.2) is 28.9 Å². The van der Waals surface area contributed by atoms with E-state index >= 15 is 0 Å². The molecule has 4 aromatic rings. The van der Waals surface area contributed by atoms with Gasteiger partial charge in [0.15, 0.2) is 0 Å². The quantitative estimate of drug-likeness (QED) is 0.156. The first-order valence-corrected chi connectivity index (χ1v) is 13.7. The molecule has 0 unspecified atom stereocenters. The highest BCUT2D eigenvalue weighted by Crippen LogP contribution is 2.63. The number of rotatable bonds is 6. The summed E-state index contributed by atoms with van der Waals surface area (Å²) in [6.45, 7) is 0. The Morgan fingerprint density at radius 1 is 0.907 bits per heavy atom. The summed E-state index contributed by atoms with van der Waals surface area (Å²) in [6, 6.07) is 26.3. The predicted molar refractivity (Wildman–Crippen MR) is 155 cm³/mol. The number of non-ortho nitro benzene ring substituents is 1. The van der Waals surface area contributed by atoms with E-state index in [0.717, 1.165) is 27.2 Å². The summed E-state index contributed by atoms with van der Waals surface area (Å²) < 4.78 is 13.7. The Bertz CT molecular complexity index is 1810. The zero-order valence-corrected chi connectivity index (χ0v) is 22.5. The molecule has 8 rings (SSSR count). The van der Waals surface area contributed by atoms with E-state index in [1.54, 1.807) is 6.21 Å². The molecule has 43 heavy (non-hydrogen) atoms. The zero-order valence-electron chi connectivity index (χ0n) is 22.5. The lowest BCUT2D eigenvalue weighted by atomic mass is 9.47. The molecular formula is C33H23FN4O5. The van der Waals surface area contributed by atoms with Crippen molar-refractivity contribution in [2.75, 3.05) is 4.90 Å². The molecule has 212 valence electrons. The predicted octanol–water partition coefficient (Wildman–Crippen LogP) is 4.63. The number of hydrazone groups is 1. The third-order valence-corrected chi connectivity index (χ3v) is 8.74. The fourth-order valence-corrected chi connectivity index (χ4v) is 7.06. The molecule has 1 fully saturated rings. The van der Waals surface area contributed by atoms with Gasteiger partial charge in [-0.1, -0.05) is 60.7 Å². The summed E-state index contributed by atoms with van der Waals surface area (Å²) in [4.78, 5) is 52.8. The standard InChI is InChI=1S/C33H23FN4O5/c34-20-11-15-21(16-12-20)37-31(40)29-28-23-5-1-3-7-25(23)33(30(29)32(37)41,26-8-4-2-6-24(26)28)18-35-36-27(39)17-19-9-13-22(14-10-19)38(42)43/h1-16,18,28-30H,17H2,(H,36,39)/b35-18-/t28?,29-,30-,33?/m0/s1. The third kappa shape index (κ3) is 3.90. The number of imide groups is 1. The minimum atomic E-state index is -1.17. The van der Waals surface area contributed by atoms with Gasteiger partial charge in [0.2, 0.25) is 17.7 Å². The molecule has 1 heterocycles.